The van der Waals surface area contributed by atoms with Crippen LogP contribution in [0.1, 0.15) is 52.6 Å². The number of nitrogens with one attached hydrogen (secondary N) is 2. The third kappa shape index (κ3) is 3.66. The molecule has 1 heterocycles. The molecule has 0 spiro atoms. The van der Waals surface area contributed by atoms with Crippen molar-refractivity contribution in [1.82, 2.24) is 5.32 Å². The van der Waals surface area contributed by atoms with Gasteiger partial charge in [0.15, 0.2) is 0 Å². The van der Waals surface area contributed by atoms with E-state index in [4.69, 9.17) is 0 Å². The quantitative estimate of drug-likeness (QED) is 0.656. The Labute approximate surface area is 171 Å². The highest BCUT2D eigenvalue weighted by molar-refractivity contribution is 6.11. The van der Waals surface area contributed by atoms with Crippen LogP contribution >= 0.6 is 0 Å². The Balaban J connectivity index is 1.70. The third-order valence-electron chi connectivity index (χ3n) is 5.31. The molecule has 0 aromatic heterocycles. The molecule has 2 amide bonds. The van der Waals surface area contributed by atoms with Crippen LogP contribution in [-0.4, -0.2) is 11.8 Å². The van der Waals surface area contributed by atoms with Crippen molar-refractivity contribution in [1.29, 1.82) is 0 Å². The van der Waals surface area contributed by atoms with Crippen LogP contribution in [0, 0.1) is 0 Å². The second kappa shape index (κ2) is 7.21. The molecule has 0 bridgehead atoms. The van der Waals surface area contributed by atoms with Crippen LogP contribution in [0.3, 0.4) is 0 Å². The first-order chi connectivity index (χ1) is 13.8. The maximum Gasteiger partial charge on any atom is 0.255 e. The van der Waals surface area contributed by atoms with E-state index in [9.17, 15) is 9.59 Å². The number of anilines is 1. The number of benzene rings is 3. The number of amides is 2. The highest BCUT2D eigenvalue weighted by Crippen LogP contribution is 2.35. The van der Waals surface area contributed by atoms with E-state index in [1.54, 1.807) is 12.1 Å². The molecule has 2 N–H and O–H groups in total. The minimum absolute atomic E-state index is 0.0869. The van der Waals surface area contributed by atoms with Gasteiger partial charge in [0.1, 0.15) is 0 Å². The van der Waals surface area contributed by atoms with Crippen molar-refractivity contribution in [3.63, 3.8) is 0 Å². The van der Waals surface area contributed by atoms with Crippen molar-refractivity contribution in [3.8, 4) is 11.1 Å². The zero-order valence-electron chi connectivity index (χ0n) is 16.9. The normalized spacial score (nSPS) is 13.0. The molecule has 0 fully saturated rings. The van der Waals surface area contributed by atoms with Crippen LogP contribution < -0.4 is 10.6 Å². The minimum atomic E-state index is -0.227. The van der Waals surface area contributed by atoms with Gasteiger partial charge in [-0.3, -0.25) is 9.59 Å². The molecule has 0 saturated heterocycles. The second-order valence-electron chi connectivity index (χ2n) is 8.34. The molecule has 4 rings (SSSR count). The van der Waals surface area contributed by atoms with E-state index in [0.29, 0.717) is 23.4 Å². The van der Waals surface area contributed by atoms with Crippen LogP contribution in [-0.2, 0) is 12.0 Å². The highest BCUT2D eigenvalue weighted by atomic mass is 16.2. The Morgan fingerprint density at radius 2 is 1.62 bits per heavy atom. The van der Waals surface area contributed by atoms with Crippen LogP contribution in [0.5, 0.6) is 0 Å². The van der Waals surface area contributed by atoms with Gasteiger partial charge in [-0.05, 0) is 45.9 Å². The zero-order valence-corrected chi connectivity index (χ0v) is 16.9. The van der Waals surface area contributed by atoms with E-state index in [1.165, 1.54) is 5.56 Å². The summed E-state index contributed by atoms with van der Waals surface area (Å²) in [6.45, 7) is 7.02. The number of hydrogen-bond donors (Lipinski definition) is 2. The first-order valence-corrected chi connectivity index (χ1v) is 9.76. The number of rotatable bonds is 3. The van der Waals surface area contributed by atoms with Crippen molar-refractivity contribution in [2.24, 2.45) is 0 Å². The van der Waals surface area contributed by atoms with Gasteiger partial charge in [0.2, 0.25) is 0 Å². The molecule has 0 unspecified atom stereocenters. The lowest BCUT2D eigenvalue weighted by Crippen LogP contribution is -2.17. The van der Waals surface area contributed by atoms with Crippen molar-refractivity contribution in [2.45, 2.75) is 32.7 Å². The Kier molecular flexibility index (Phi) is 4.71. The largest absolute Gasteiger partial charge is 0.348 e. The topological polar surface area (TPSA) is 58.2 Å². The highest BCUT2D eigenvalue weighted by Gasteiger charge is 2.27. The fourth-order valence-corrected chi connectivity index (χ4v) is 3.66. The van der Waals surface area contributed by atoms with Gasteiger partial charge in [0, 0.05) is 12.1 Å². The standard InChI is InChI=1S/C25H24N2O2/c1-25(2,3)18-11-9-16(10-12-18)19-13-14-21(22-20(19)15-26-24(22)29)27-23(28)17-7-5-4-6-8-17/h4-14H,15H2,1-3H3,(H,26,29)(H,27,28). The summed E-state index contributed by atoms with van der Waals surface area (Å²) < 4.78 is 0. The first kappa shape index (κ1) is 18.9. The maximum absolute atomic E-state index is 12.6. The maximum atomic E-state index is 12.6. The van der Waals surface area contributed by atoms with E-state index in [2.05, 4.69) is 55.7 Å². The second-order valence-corrected chi connectivity index (χ2v) is 8.34. The fourth-order valence-electron chi connectivity index (χ4n) is 3.66. The molecule has 4 nitrogen and oxygen atoms in total. The summed E-state index contributed by atoms with van der Waals surface area (Å²) in [4.78, 5) is 25.1. The van der Waals surface area contributed by atoms with E-state index in [0.717, 1.165) is 16.7 Å². The van der Waals surface area contributed by atoms with Crippen LogP contribution in [0.25, 0.3) is 11.1 Å². The molecular formula is C25H24N2O2. The predicted molar refractivity (Wildman–Crippen MR) is 116 cm³/mol. The van der Waals surface area contributed by atoms with Crippen LogP contribution in [0.15, 0.2) is 66.7 Å². The van der Waals surface area contributed by atoms with Gasteiger partial charge in [0.05, 0.1) is 11.3 Å². The molecule has 3 aromatic carbocycles. The van der Waals surface area contributed by atoms with Crippen molar-refractivity contribution >= 4 is 17.5 Å². The van der Waals surface area contributed by atoms with E-state index >= 15 is 0 Å². The lowest BCUT2D eigenvalue weighted by Gasteiger charge is -2.19. The van der Waals surface area contributed by atoms with Crippen molar-refractivity contribution in [2.75, 3.05) is 5.32 Å². The van der Waals surface area contributed by atoms with E-state index in [1.807, 2.05) is 30.3 Å². The first-order valence-electron chi connectivity index (χ1n) is 9.76. The number of carbonyl (C=O) groups is 2. The van der Waals surface area contributed by atoms with Crippen molar-refractivity contribution in [3.05, 3.63) is 89.0 Å². The molecule has 0 saturated carbocycles. The van der Waals surface area contributed by atoms with Gasteiger partial charge >= 0.3 is 0 Å². The van der Waals surface area contributed by atoms with Gasteiger partial charge in [-0.1, -0.05) is 69.3 Å². The molecule has 1 aliphatic rings. The molecule has 3 aromatic rings. The molecule has 4 heteroatoms. The Morgan fingerprint density at radius 3 is 2.28 bits per heavy atom. The van der Waals surface area contributed by atoms with Gasteiger partial charge < -0.3 is 10.6 Å². The number of fused-ring (bicyclic) bond motifs is 1. The smallest absolute Gasteiger partial charge is 0.255 e. The summed E-state index contributed by atoms with van der Waals surface area (Å²) in [5, 5.41) is 5.79. The minimum Gasteiger partial charge on any atom is -0.348 e. The summed E-state index contributed by atoms with van der Waals surface area (Å²) in [6.07, 6.45) is 0. The SMILES string of the molecule is CC(C)(C)c1ccc(-c2ccc(NC(=O)c3ccccc3)c3c2CNC3=O)cc1. The van der Waals surface area contributed by atoms with Gasteiger partial charge in [-0.2, -0.15) is 0 Å². The fraction of sp³-hybridized carbons (Fsp3) is 0.200. The van der Waals surface area contributed by atoms with Crippen LogP contribution in [0.4, 0.5) is 5.69 Å². The molecule has 29 heavy (non-hydrogen) atoms. The Hall–Kier alpha value is -3.40. The Morgan fingerprint density at radius 1 is 0.931 bits per heavy atom. The lowest BCUT2D eigenvalue weighted by atomic mass is 9.85. The van der Waals surface area contributed by atoms with Gasteiger partial charge in [-0.25, -0.2) is 0 Å². The van der Waals surface area contributed by atoms with E-state index in [-0.39, 0.29) is 17.2 Å². The molecule has 1 aliphatic heterocycles. The molecule has 0 aliphatic carbocycles. The Bertz CT molecular complexity index is 1080. The summed E-state index contributed by atoms with van der Waals surface area (Å²) in [5.41, 5.74) is 5.99. The predicted octanol–water partition coefficient (Wildman–Crippen LogP) is 5.15. The third-order valence-corrected chi connectivity index (χ3v) is 5.31. The number of carbonyl (C=O) groups excluding carboxylic acids is 2. The average molecular weight is 384 g/mol. The number of hydrogen-bond acceptors (Lipinski definition) is 2. The molecular weight excluding hydrogens is 360 g/mol. The zero-order chi connectivity index (χ0) is 20.6. The van der Waals surface area contributed by atoms with Gasteiger partial charge in [0.25, 0.3) is 11.8 Å². The van der Waals surface area contributed by atoms with Crippen molar-refractivity contribution < 1.29 is 9.59 Å². The summed E-state index contributed by atoms with van der Waals surface area (Å²) in [6, 6.07) is 21.3. The summed E-state index contributed by atoms with van der Waals surface area (Å²) >= 11 is 0. The summed E-state index contributed by atoms with van der Waals surface area (Å²) in [7, 11) is 0. The lowest BCUT2D eigenvalue weighted by molar-refractivity contribution is 0.0966. The molecule has 0 radical (unpaired) electrons. The van der Waals surface area contributed by atoms with Crippen LogP contribution in [0.2, 0.25) is 0 Å². The average Bonchev–Trinajstić information content (AvgIpc) is 3.10. The summed E-state index contributed by atoms with van der Waals surface area (Å²) in [5.74, 6) is -0.383. The molecule has 0 atom stereocenters. The van der Waals surface area contributed by atoms with Gasteiger partial charge in [-0.15, -0.1) is 0 Å². The van der Waals surface area contributed by atoms with E-state index < -0.39 is 0 Å². The monoisotopic (exact) mass is 384 g/mol. The molecule has 146 valence electrons.